The Morgan fingerprint density at radius 3 is 2.09 bits per heavy atom. The van der Waals surface area contributed by atoms with Gasteiger partial charge in [0, 0.05) is 23.3 Å². The van der Waals surface area contributed by atoms with Crippen LogP contribution in [0.15, 0.2) is 30.3 Å². The fourth-order valence-electron chi connectivity index (χ4n) is 2.02. The summed E-state index contributed by atoms with van der Waals surface area (Å²) in [5.74, 6) is -4.49. The summed E-state index contributed by atoms with van der Waals surface area (Å²) in [5.41, 5.74) is -0.841. The summed E-state index contributed by atoms with van der Waals surface area (Å²) in [4.78, 5) is 12.3. The minimum absolute atomic E-state index is 0.0576. The molecule has 1 atom stereocenters. The van der Waals surface area contributed by atoms with Crippen LogP contribution in [0.25, 0.3) is 0 Å². The Bertz CT molecular complexity index is 724. The standard InChI is InChI=1S/C16H13F3O4/c1-22-10-3-8(4-11(7-10)23-2)15(20)16(21)12-5-9(17)6-13(18)14(12)19/h3-7,16,21H,1-2H3/t16-/m1/s1. The maximum absolute atomic E-state index is 13.7. The van der Waals surface area contributed by atoms with Gasteiger partial charge < -0.3 is 14.6 Å². The van der Waals surface area contributed by atoms with E-state index in [1.165, 1.54) is 32.4 Å². The van der Waals surface area contributed by atoms with Crippen molar-refractivity contribution >= 4 is 5.78 Å². The van der Waals surface area contributed by atoms with Crippen LogP contribution in [0.1, 0.15) is 22.0 Å². The van der Waals surface area contributed by atoms with Crippen molar-refractivity contribution in [3.8, 4) is 11.5 Å². The van der Waals surface area contributed by atoms with Crippen LogP contribution in [0.5, 0.6) is 11.5 Å². The van der Waals surface area contributed by atoms with E-state index >= 15 is 0 Å². The number of carbonyl (C=O) groups is 1. The lowest BCUT2D eigenvalue weighted by Crippen LogP contribution is -2.15. The maximum Gasteiger partial charge on any atom is 0.196 e. The second-order valence-electron chi connectivity index (χ2n) is 4.66. The molecule has 2 aromatic carbocycles. The summed E-state index contributed by atoms with van der Waals surface area (Å²) in [5, 5.41) is 9.99. The van der Waals surface area contributed by atoms with Crippen molar-refractivity contribution in [3.63, 3.8) is 0 Å². The molecule has 0 aliphatic rings. The molecule has 4 nitrogen and oxygen atoms in total. The number of aliphatic hydroxyl groups is 1. The number of halogens is 3. The SMILES string of the molecule is COc1cc(OC)cc(C(=O)[C@H](O)c2cc(F)cc(F)c2F)c1. The molecule has 0 fully saturated rings. The predicted octanol–water partition coefficient (Wildman–Crippen LogP) is 3.04. The lowest BCUT2D eigenvalue weighted by atomic mass is 9.99. The summed E-state index contributed by atoms with van der Waals surface area (Å²) >= 11 is 0. The second-order valence-corrected chi connectivity index (χ2v) is 4.66. The van der Waals surface area contributed by atoms with Gasteiger partial charge in [0.15, 0.2) is 17.4 Å². The van der Waals surface area contributed by atoms with E-state index in [4.69, 9.17) is 9.47 Å². The highest BCUT2D eigenvalue weighted by atomic mass is 19.2. The van der Waals surface area contributed by atoms with Gasteiger partial charge >= 0.3 is 0 Å². The van der Waals surface area contributed by atoms with Gasteiger partial charge in [0.05, 0.1) is 14.2 Å². The molecule has 7 heteroatoms. The van der Waals surface area contributed by atoms with Gasteiger partial charge in [-0.15, -0.1) is 0 Å². The lowest BCUT2D eigenvalue weighted by molar-refractivity contribution is 0.0738. The number of aliphatic hydroxyl groups excluding tert-OH is 1. The molecular formula is C16H13F3O4. The van der Waals surface area contributed by atoms with Crippen LogP contribution in [-0.4, -0.2) is 25.1 Å². The molecule has 0 saturated carbocycles. The molecule has 2 aromatic rings. The molecule has 0 amide bonds. The Kier molecular flexibility index (Phi) is 4.90. The summed E-state index contributed by atoms with van der Waals surface area (Å²) < 4.78 is 50.1. The molecule has 122 valence electrons. The molecule has 0 heterocycles. The molecule has 0 radical (unpaired) electrons. The van der Waals surface area contributed by atoms with E-state index in [1.807, 2.05) is 0 Å². The van der Waals surface area contributed by atoms with Crippen LogP contribution < -0.4 is 9.47 Å². The highest BCUT2D eigenvalue weighted by Crippen LogP contribution is 2.28. The molecule has 2 rings (SSSR count). The average Bonchev–Trinajstić information content (AvgIpc) is 2.56. The van der Waals surface area contributed by atoms with Gasteiger partial charge in [0.25, 0.3) is 0 Å². The fourth-order valence-corrected chi connectivity index (χ4v) is 2.02. The Balaban J connectivity index is 2.44. The van der Waals surface area contributed by atoms with Crippen molar-refractivity contribution in [2.45, 2.75) is 6.10 Å². The second kappa shape index (κ2) is 6.70. The number of ether oxygens (including phenoxy) is 2. The molecule has 0 saturated heterocycles. The van der Waals surface area contributed by atoms with Crippen LogP contribution in [0.2, 0.25) is 0 Å². The van der Waals surface area contributed by atoms with Crippen LogP contribution >= 0.6 is 0 Å². The number of benzene rings is 2. The average molecular weight is 326 g/mol. The van der Waals surface area contributed by atoms with E-state index in [2.05, 4.69) is 0 Å². The first-order chi connectivity index (χ1) is 10.9. The first-order valence-electron chi connectivity index (χ1n) is 6.47. The Morgan fingerprint density at radius 1 is 1.00 bits per heavy atom. The van der Waals surface area contributed by atoms with E-state index in [0.29, 0.717) is 12.1 Å². The minimum atomic E-state index is -2.07. The molecule has 0 bridgehead atoms. The van der Waals surface area contributed by atoms with Gasteiger partial charge in [-0.3, -0.25) is 4.79 Å². The van der Waals surface area contributed by atoms with E-state index in [-0.39, 0.29) is 17.1 Å². The van der Waals surface area contributed by atoms with Gasteiger partial charge in [-0.25, -0.2) is 13.2 Å². The third kappa shape index (κ3) is 3.45. The van der Waals surface area contributed by atoms with Gasteiger partial charge in [-0.2, -0.15) is 0 Å². The Hall–Kier alpha value is -2.54. The van der Waals surface area contributed by atoms with Gasteiger partial charge in [-0.1, -0.05) is 0 Å². The van der Waals surface area contributed by atoms with E-state index < -0.39 is 34.9 Å². The number of ketones is 1. The number of methoxy groups -OCH3 is 2. The van der Waals surface area contributed by atoms with Crippen molar-refractivity contribution in [2.24, 2.45) is 0 Å². The zero-order valence-electron chi connectivity index (χ0n) is 12.3. The lowest BCUT2D eigenvalue weighted by Gasteiger charge is -2.13. The first kappa shape index (κ1) is 16.8. The molecule has 23 heavy (non-hydrogen) atoms. The normalized spacial score (nSPS) is 11.9. The zero-order valence-corrected chi connectivity index (χ0v) is 12.3. The molecule has 0 unspecified atom stereocenters. The molecule has 0 spiro atoms. The maximum atomic E-state index is 13.7. The molecule has 0 aliphatic heterocycles. The molecule has 1 N–H and O–H groups in total. The first-order valence-corrected chi connectivity index (χ1v) is 6.47. The third-order valence-corrected chi connectivity index (χ3v) is 3.20. The summed E-state index contributed by atoms with van der Waals surface area (Å²) in [7, 11) is 2.72. The molecular weight excluding hydrogens is 313 g/mol. The van der Waals surface area contributed by atoms with E-state index in [0.717, 1.165) is 0 Å². The summed E-state index contributed by atoms with van der Waals surface area (Å²) in [6.07, 6.45) is -2.07. The molecule has 0 aromatic heterocycles. The van der Waals surface area contributed by atoms with Gasteiger partial charge in [0.2, 0.25) is 0 Å². The number of hydrogen-bond acceptors (Lipinski definition) is 4. The Morgan fingerprint density at radius 2 is 1.57 bits per heavy atom. The minimum Gasteiger partial charge on any atom is -0.497 e. The number of Topliss-reactive ketones (excluding diaryl/α,β-unsaturated/α-hetero) is 1. The summed E-state index contributed by atoms with van der Waals surface area (Å²) in [6.45, 7) is 0. The third-order valence-electron chi connectivity index (χ3n) is 3.20. The van der Waals surface area contributed by atoms with E-state index in [9.17, 15) is 23.1 Å². The van der Waals surface area contributed by atoms with Crippen molar-refractivity contribution < 1.29 is 32.5 Å². The highest BCUT2D eigenvalue weighted by Gasteiger charge is 2.26. The monoisotopic (exact) mass is 326 g/mol. The predicted molar refractivity (Wildman–Crippen MR) is 75.2 cm³/mol. The summed E-state index contributed by atoms with van der Waals surface area (Å²) in [6, 6.07) is 4.97. The number of carbonyl (C=O) groups excluding carboxylic acids is 1. The van der Waals surface area contributed by atoms with Crippen LogP contribution in [-0.2, 0) is 0 Å². The van der Waals surface area contributed by atoms with Gasteiger partial charge in [0.1, 0.15) is 23.4 Å². The zero-order chi connectivity index (χ0) is 17.1. The van der Waals surface area contributed by atoms with Crippen molar-refractivity contribution in [1.29, 1.82) is 0 Å². The van der Waals surface area contributed by atoms with Crippen LogP contribution in [0, 0.1) is 17.5 Å². The number of hydrogen-bond donors (Lipinski definition) is 1. The quantitative estimate of drug-likeness (QED) is 0.678. The number of rotatable bonds is 5. The van der Waals surface area contributed by atoms with Crippen molar-refractivity contribution in [2.75, 3.05) is 14.2 Å². The van der Waals surface area contributed by atoms with Crippen LogP contribution in [0.3, 0.4) is 0 Å². The topological polar surface area (TPSA) is 55.8 Å². The van der Waals surface area contributed by atoms with Crippen molar-refractivity contribution in [3.05, 3.63) is 58.9 Å². The van der Waals surface area contributed by atoms with Gasteiger partial charge in [-0.05, 0) is 18.2 Å². The smallest absolute Gasteiger partial charge is 0.196 e. The van der Waals surface area contributed by atoms with Crippen molar-refractivity contribution in [1.82, 2.24) is 0 Å². The fraction of sp³-hybridized carbons (Fsp3) is 0.188. The highest BCUT2D eigenvalue weighted by molar-refractivity contribution is 6.00. The van der Waals surface area contributed by atoms with Crippen LogP contribution in [0.4, 0.5) is 13.2 Å². The van der Waals surface area contributed by atoms with E-state index in [1.54, 1.807) is 0 Å². The molecule has 0 aliphatic carbocycles. The Labute approximate surface area is 130 Å². The largest absolute Gasteiger partial charge is 0.497 e.